The van der Waals surface area contributed by atoms with Crippen molar-refractivity contribution in [2.24, 2.45) is 5.92 Å². The summed E-state index contributed by atoms with van der Waals surface area (Å²) in [5, 5.41) is 0. The number of carbonyl (C=O) groups is 1. The molecule has 0 aromatic rings. The number of fused-ring (bicyclic) bond motifs is 1. The molecule has 6 bridgehead atoms. The third-order valence-corrected chi connectivity index (χ3v) is 11.9. The van der Waals surface area contributed by atoms with Crippen molar-refractivity contribution >= 4 is 5.78 Å². The highest BCUT2D eigenvalue weighted by Crippen LogP contribution is 2.54. The third-order valence-electron chi connectivity index (χ3n) is 11.9. The molecule has 10 nitrogen and oxygen atoms in total. The maximum atomic E-state index is 13.6. The number of ether oxygens (including phenoxy) is 9. The second-order valence-electron chi connectivity index (χ2n) is 14.8. The second kappa shape index (κ2) is 12.3. The molecular weight excluding hydrogens is 580 g/mol. The Morgan fingerprint density at radius 2 is 1.73 bits per heavy atom. The zero-order valence-electron chi connectivity index (χ0n) is 26.8. The molecule has 9 rings (SSSR count). The first-order chi connectivity index (χ1) is 21.8. The van der Waals surface area contributed by atoms with Gasteiger partial charge in [-0.05, 0) is 56.6 Å². The lowest BCUT2D eigenvalue weighted by Gasteiger charge is -2.47. The Bertz CT molecular complexity index is 1160. The number of Topliss-reactive ketones (excluding diaryl/α,β-unsaturated/α-hetero) is 1. The first kappa shape index (κ1) is 31.1. The van der Waals surface area contributed by atoms with Crippen LogP contribution < -0.4 is 0 Å². The van der Waals surface area contributed by atoms with Gasteiger partial charge in [0.1, 0.15) is 36.3 Å². The lowest BCUT2D eigenvalue weighted by Crippen LogP contribution is -2.61. The van der Waals surface area contributed by atoms with Crippen LogP contribution in [0.2, 0.25) is 0 Å². The summed E-state index contributed by atoms with van der Waals surface area (Å²) in [6, 6.07) is 0. The van der Waals surface area contributed by atoms with E-state index in [0.29, 0.717) is 32.3 Å². The average molecular weight is 631 g/mol. The SMILES string of the molecule is C=C1C[C@H](CC[C@@]23C[C@H]4O[C@@H]5C(O[C@H]6CC[C@H](CC(=O)C[C@H]7C(C[C@H]8OCCCC8=C)OC[C@@H]7OC)OC6[C@@H]5O2)[C@H]4O3)O[C@H]1C. The number of ketones is 1. The van der Waals surface area contributed by atoms with Gasteiger partial charge in [0.15, 0.2) is 5.79 Å². The molecular formula is C35H50O10. The van der Waals surface area contributed by atoms with Crippen molar-refractivity contribution in [2.75, 3.05) is 20.3 Å². The fourth-order valence-electron chi connectivity index (χ4n) is 9.37. The molecule has 0 amide bonds. The smallest absolute Gasteiger partial charge is 0.172 e. The van der Waals surface area contributed by atoms with Crippen molar-refractivity contribution in [1.29, 1.82) is 0 Å². The van der Waals surface area contributed by atoms with Crippen LogP contribution in [0.5, 0.6) is 0 Å². The van der Waals surface area contributed by atoms with Gasteiger partial charge in [-0.3, -0.25) is 4.79 Å². The quantitative estimate of drug-likeness (QED) is 0.330. The van der Waals surface area contributed by atoms with E-state index >= 15 is 0 Å². The van der Waals surface area contributed by atoms with Gasteiger partial charge in [-0.1, -0.05) is 13.2 Å². The van der Waals surface area contributed by atoms with E-state index in [1.54, 1.807) is 7.11 Å². The molecule has 0 saturated carbocycles. The van der Waals surface area contributed by atoms with Gasteiger partial charge >= 0.3 is 0 Å². The summed E-state index contributed by atoms with van der Waals surface area (Å²) in [6.45, 7) is 11.7. The summed E-state index contributed by atoms with van der Waals surface area (Å²) < 4.78 is 57.5. The molecule has 0 aromatic carbocycles. The lowest BCUT2D eigenvalue weighted by molar-refractivity contribution is -0.292. The van der Waals surface area contributed by atoms with Crippen molar-refractivity contribution in [3.63, 3.8) is 0 Å². The van der Waals surface area contributed by atoms with Gasteiger partial charge in [-0.15, -0.1) is 0 Å². The fourth-order valence-corrected chi connectivity index (χ4v) is 9.37. The van der Waals surface area contributed by atoms with Crippen LogP contribution in [0.4, 0.5) is 0 Å². The largest absolute Gasteiger partial charge is 0.379 e. The monoisotopic (exact) mass is 630 g/mol. The maximum Gasteiger partial charge on any atom is 0.172 e. The van der Waals surface area contributed by atoms with Crippen LogP contribution in [-0.4, -0.2) is 111 Å². The van der Waals surface area contributed by atoms with Gasteiger partial charge in [-0.2, -0.15) is 0 Å². The highest BCUT2D eigenvalue weighted by Gasteiger charge is 2.68. The van der Waals surface area contributed by atoms with Gasteiger partial charge in [0.05, 0.1) is 55.4 Å². The number of hydrogen-bond donors (Lipinski definition) is 0. The summed E-state index contributed by atoms with van der Waals surface area (Å²) in [5.74, 6) is -0.574. The topological polar surface area (TPSA) is 100 Å². The van der Waals surface area contributed by atoms with Crippen molar-refractivity contribution in [1.82, 2.24) is 0 Å². The standard InChI is InChI=1S/C35H50O10/c1-18-6-5-11-38-26(18)15-27-24(29(37-4)17-39-27)14-21(36)13-22-7-8-25-30(41-22)34-33-32(42-25)31-28(43-33)16-35(44-31,45-34)10-9-23-12-19(2)20(3)40-23/h20,22-34H,1-2,5-17H2,3-4H3/t20-,22+,23-,24-,25-,26+,27?,28+,29-,30?,31-,32?,33+,34-,35-/m0/s1. The van der Waals surface area contributed by atoms with Crippen LogP contribution in [0.1, 0.15) is 77.6 Å². The van der Waals surface area contributed by atoms with E-state index in [0.717, 1.165) is 62.7 Å². The summed E-state index contributed by atoms with van der Waals surface area (Å²) in [5.41, 5.74) is 2.27. The summed E-state index contributed by atoms with van der Waals surface area (Å²) in [6.07, 6.45) is 6.78. The molecule has 9 aliphatic rings. The first-order valence-electron chi connectivity index (χ1n) is 17.4. The maximum absolute atomic E-state index is 13.6. The molecule has 9 fully saturated rings. The predicted molar refractivity (Wildman–Crippen MR) is 161 cm³/mol. The Morgan fingerprint density at radius 1 is 0.911 bits per heavy atom. The van der Waals surface area contributed by atoms with Crippen LogP contribution >= 0.6 is 0 Å². The Morgan fingerprint density at radius 3 is 2.53 bits per heavy atom. The molecule has 15 atom stereocenters. The van der Waals surface area contributed by atoms with Crippen LogP contribution in [0.15, 0.2) is 24.3 Å². The Kier molecular flexibility index (Phi) is 8.53. The number of carbonyl (C=O) groups excluding carboxylic acids is 1. The molecule has 0 radical (unpaired) electrons. The number of rotatable bonds is 10. The third kappa shape index (κ3) is 5.80. The Labute approximate surface area is 266 Å². The van der Waals surface area contributed by atoms with Crippen molar-refractivity contribution in [3.8, 4) is 0 Å². The van der Waals surface area contributed by atoms with E-state index in [1.807, 2.05) is 0 Å². The van der Waals surface area contributed by atoms with Crippen LogP contribution in [0.3, 0.4) is 0 Å². The molecule has 9 saturated heterocycles. The van der Waals surface area contributed by atoms with Crippen molar-refractivity contribution in [2.45, 2.75) is 163 Å². The van der Waals surface area contributed by atoms with Crippen LogP contribution in [-0.2, 0) is 47.4 Å². The fraction of sp³-hybridized carbons (Fsp3) is 0.857. The lowest BCUT2D eigenvalue weighted by atomic mass is 9.85. The van der Waals surface area contributed by atoms with Gasteiger partial charge in [0.25, 0.3) is 0 Å². The van der Waals surface area contributed by atoms with Crippen molar-refractivity contribution in [3.05, 3.63) is 24.3 Å². The predicted octanol–water partition coefficient (Wildman–Crippen LogP) is 3.97. The zero-order chi connectivity index (χ0) is 30.9. The van der Waals surface area contributed by atoms with E-state index in [2.05, 4.69) is 20.1 Å². The summed E-state index contributed by atoms with van der Waals surface area (Å²) in [4.78, 5) is 13.6. The molecule has 0 aliphatic carbocycles. The average Bonchev–Trinajstić information content (AvgIpc) is 3.71. The molecule has 45 heavy (non-hydrogen) atoms. The van der Waals surface area contributed by atoms with E-state index in [4.69, 9.17) is 42.6 Å². The van der Waals surface area contributed by atoms with E-state index in [1.165, 1.54) is 0 Å². The number of hydrogen-bond acceptors (Lipinski definition) is 10. The van der Waals surface area contributed by atoms with Gasteiger partial charge in [0, 0.05) is 51.7 Å². The van der Waals surface area contributed by atoms with Crippen molar-refractivity contribution < 1.29 is 47.4 Å². The molecule has 10 heteroatoms. The van der Waals surface area contributed by atoms with Crippen LogP contribution in [0.25, 0.3) is 0 Å². The normalized spacial score (nSPS) is 50.3. The molecule has 3 unspecified atom stereocenters. The molecule has 9 aliphatic heterocycles. The second-order valence-corrected chi connectivity index (χ2v) is 14.8. The highest BCUT2D eigenvalue weighted by atomic mass is 16.8. The zero-order valence-corrected chi connectivity index (χ0v) is 26.8. The molecule has 0 N–H and O–H groups in total. The highest BCUT2D eigenvalue weighted by molar-refractivity contribution is 5.79. The molecule has 0 aromatic heterocycles. The number of methoxy groups -OCH3 is 1. The van der Waals surface area contributed by atoms with E-state index in [-0.39, 0.29) is 91.1 Å². The summed E-state index contributed by atoms with van der Waals surface area (Å²) >= 11 is 0. The molecule has 9 heterocycles. The first-order valence-corrected chi connectivity index (χ1v) is 17.4. The Balaban J connectivity index is 0.907. The van der Waals surface area contributed by atoms with Crippen LogP contribution in [0, 0.1) is 5.92 Å². The molecule has 0 spiro atoms. The van der Waals surface area contributed by atoms with E-state index in [9.17, 15) is 4.79 Å². The van der Waals surface area contributed by atoms with E-state index < -0.39 is 5.79 Å². The minimum Gasteiger partial charge on any atom is -0.379 e. The van der Waals surface area contributed by atoms with Gasteiger partial charge in [-0.25, -0.2) is 0 Å². The Hall–Kier alpha value is -1.21. The van der Waals surface area contributed by atoms with Gasteiger partial charge < -0.3 is 42.6 Å². The minimum absolute atomic E-state index is 0.0160. The van der Waals surface area contributed by atoms with Gasteiger partial charge in [0.2, 0.25) is 0 Å². The summed E-state index contributed by atoms with van der Waals surface area (Å²) in [7, 11) is 1.70. The minimum atomic E-state index is -0.732. The molecule has 250 valence electrons.